The second kappa shape index (κ2) is 12.1. The molecule has 5 rings (SSSR count). The number of ketones is 1. The molecule has 2 heterocycles. The SMILES string of the molecule is COCCCN1C(=O)C(=O)C(=C(O)c2ccc3c(c2)OCCO3)[C@H]1c1ccc(OCc2ccccc2)c(OC)c1. The molecule has 40 heavy (non-hydrogen) atoms. The quantitative estimate of drug-likeness (QED) is 0.172. The van der Waals surface area contributed by atoms with Crippen molar-refractivity contribution in [3.8, 4) is 23.0 Å². The van der Waals surface area contributed by atoms with Crippen molar-refractivity contribution in [3.63, 3.8) is 0 Å². The fraction of sp³-hybridized carbons (Fsp3) is 0.290. The molecule has 0 saturated carbocycles. The number of amides is 1. The molecule has 1 saturated heterocycles. The van der Waals surface area contributed by atoms with Crippen molar-refractivity contribution in [1.29, 1.82) is 0 Å². The van der Waals surface area contributed by atoms with Crippen LogP contribution < -0.4 is 18.9 Å². The fourth-order valence-corrected chi connectivity index (χ4v) is 4.89. The number of aliphatic hydroxyl groups is 1. The number of fused-ring (bicyclic) bond motifs is 1. The van der Waals surface area contributed by atoms with Crippen LogP contribution in [0.5, 0.6) is 23.0 Å². The van der Waals surface area contributed by atoms with Gasteiger partial charge in [-0.1, -0.05) is 36.4 Å². The van der Waals surface area contributed by atoms with E-state index in [0.717, 1.165) is 5.56 Å². The molecule has 0 aromatic heterocycles. The Labute approximate surface area is 232 Å². The van der Waals surface area contributed by atoms with Gasteiger partial charge >= 0.3 is 0 Å². The van der Waals surface area contributed by atoms with Crippen molar-refractivity contribution in [2.75, 3.05) is 40.6 Å². The van der Waals surface area contributed by atoms with Gasteiger partial charge in [-0.15, -0.1) is 0 Å². The zero-order valence-corrected chi connectivity index (χ0v) is 22.4. The lowest BCUT2D eigenvalue weighted by Gasteiger charge is -2.26. The fourth-order valence-electron chi connectivity index (χ4n) is 4.89. The first-order chi connectivity index (χ1) is 19.5. The Bertz CT molecular complexity index is 1420. The normalized spacial score (nSPS) is 17.6. The van der Waals surface area contributed by atoms with Gasteiger partial charge in [-0.05, 0) is 47.9 Å². The maximum atomic E-state index is 13.4. The van der Waals surface area contributed by atoms with Gasteiger partial charge in [-0.3, -0.25) is 9.59 Å². The number of ether oxygens (including phenoxy) is 5. The van der Waals surface area contributed by atoms with Crippen LogP contribution in [0.2, 0.25) is 0 Å². The van der Waals surface area contributed by atoms with Crippen LogP contribution in [-0.4, -0.2) is 62.3 Å². The molecule has 0 unspecified atom stereocenters. The van der Waals surface area contributed by atoms with Crippen LogP contribution in [0.1, 0.15) is 29.2 Å². The molecule has 9 nitrogen and oxygen atoms in total. The van der Waals surface area contributed by atoms with E-state index in [-0.39, 0.29) is 17.9 Å². The maximum Gasteiger partial charge on any atom is 0.295 e. The number of carbonyl (C=O) groups excluding carboxylic acids is 2. The summed E-state index contributed by atoms with van der Waals surface area (Å²) in [7, 11) is 3.10. The van der Waals surface area contributed by atoms with Crippen LogP contribution in [0.4, 0.5) is 0 Å². The number of rotatable bonds is 10. The minimum Gasteiger partial charge on any atom is -0.507 e. The Kier molecular flexibility index (Phi) is 8.21. The van der Waals surface area contributed by atoms with Crippen molar-refractivity contribution in [2.24, 2.45) is 0 Å². The summed E-state index contributed by atoms with van der Waals surface area (Å²) in [5.41, 5.74) is 1.93. The van der Waals surface area contributed by atoms with E-state index in [2.05, 4.69) is 0 Å². The molecule has 208 valence electrons. The lowest BCUT2D eigenvalue weighted by molar-refractivity contribution is -0.140. The molecule has 1 amide bonds. The molecule has 2 aliphatic rings. The summed E-state index contributed by atoms with van der Waals surface area (Å²) in [6.45, 7) is 1.82. The summed E-state index contributed by atoms with van der Waals surface area (Å²) in [6, 6.07) is 19.1. The van der Waals surface area contributed by atoms with E-state index in [1.807, 2.05) is 30.3 Å². The number of carbonyl (C=O) groups is 2. The van der Waals surface area contributed by atoms with Gasteiger partial charge in [0.05, 0.1) is 18.7 Å². The van der Waals surface area contributed by atoms with E-state index in [0.29, 0.717) is 67.0 Å². The largest absolute Gasteiger partial charge is 0.507 e. The first-order valence-corrected chi connectivity index (χ1v) is 13.0. The molecular weight excluding hydrogens is 514 g/mol. The third-order valence-electron chi connectivity index (χ3n) is 6.84. The minimum atomic E-state index is -0.845. The molecule has 3 aromatic carbocycles. The van der Waals surface area contributed by atoms with Gasteiger partial charge in [-0.25, -0.2) is 0 Å². The summed E-state index contributed by atoms with van der Waals surface area (Å²) < 4.78 is 28.0. The maximum absolute atomic E-state index is 13.4. The molecule has 0 bridgehead atoms. The average molecular weight is 546 g/mol. The second-order valence-corrected chi connectivity index (χ2v) is 9.38. The van der Waals surface area contributed by atoms with Crippen LogP contribution in [0.15, 0.2) is 72.3 Å². The predicted octanol–water partition coefficient (Wildman–Crippen LogP) is 4.50. The molecule has 1 atom stereocenters. The molecule has 1 N–H and O–H groups in total. The second-order valence-electron chi connectivity index (χ2n) is 9.38. The van der Waals surface area contributed by atoms with Gasteiger partial charge in [0.25, 0.3) is 11.7 Å². The molecule has 0 spiro atoms. The predicted molar refractivity (Wildman–Crippen MR) is 147 cm³/mol. The molecular formula is C31H31NO8. The van der Waals surface area contributed by atoms with E-state index in [9.17, 15) is 14.7 Å². The Morgan fingerprint density at radius 1 is 0.950 bits per heavy atom. The highest BCUT2D eigenvalue weighted by Crippen LogP contribution is 2.43. The zero-order valence-electron chi connectivity index (χ0n) is 22.4. The number of likely N-dealkylation sites (tertiary alicyclic amines) is 1. The van der Waals surface area contributed by atoms with Crippen molar-refractivity contribution < 1.29 is 38.4 Å². The first kappa shape index (κ1) is 27.1. The summed E-state index contributed by atoms with van der Waals surface area (Å²) in [5.74, 6) is 0.214. The summed E-state index contributed by atoms with van der Waals surface area (Å²) in [5, 5.41) is 11.4. The smallest absolute Gasteiger partial charge is 0.295 e. The van der Waals surface area contributed by atoms with Crippen molar-refractivity contribution >= 4 is 17.4 Å². The van der Waals surface area contributed by atoms with E-state index < -0.39 is 17.7 Å². The third-order valence-corrected chi connectivity index (χ3v) is 6.84. The minimum absolute atomic E-state index is 0.0147. The molecule has 3 aromatic rings. The van der Waals surface area contributed by atoms with Crippen molar-refractivity contribution in [3.05, 3.63) is 89.0 Å². The lowest BCUT2D eigenvalue weighted by Crippen LogP contribution is -2.31. The Morgan fingerprint density at radius 3 is 2.48 bits per heavy atom. The van der Waals surface area contributed by atoms with Crippen LogP contribution in [0.25, 0.3) is 5.76 Å². The van der Waals surface area contributed by atoms with E-state index in [4.69, 9.17) is 23.7 Å². The number of Topliss-reactive ketones (excluding diaryl/α,β-unsaturated/α-hetero) is 1. The van der Waals surface area contributed by atoms with Crippen molar-refractivity contribution in [1.82, 2.24) is 4.90 Å². The molecule has 9 heteroatoms. The topological polar surface area (TPSA) is 104 Å². The number of hydrogen-bond donors (Lipinski definition) is 1. The first-order valence-electron chi connectivity index (χ1n) is 13.0. The van der Waals surface area contributed by atoms with Gasteiger partial charge in [-0.2, -0.15) is 0 Å². The van der Waals surface area contributed by atoms with Crippen molar-refractivity contribution in [2.45, 2.75) is 19.1 Å². The number of hydrogen-bond acceptors (Lipinski definition) is 8. The Balaban J connectivity index is 1.53. The van der Waals surface area contributed by atoms with Gasteiger partial charge in [0.15, 0.2) is 23.0 Å². The summed E-state index contributed by atoms with van der Waals surface area (Å²) >= 11 is 0. The monoisotopic (exact) mass is 545 g/mol. The number of methoxy groups -OCH3 is 2. The highest BCUT2D eigenvalue weighted by Gasteiger charge is 2.46. The highest BCUT2D eigenvalue weighted by molar-refractivity contribution is 6.46. The zero-order chi connectivity index (χ0) is 28.1. The third kappa shape index (κ3) is 5.46. The highest BCUT2D eigenvalue weighted by atomic mass is 16.6. The molecule has 0 radical (unpaired) electrons. The lowest BCUT2D eigenvalue weighted by atomic mass is 9.94. The van der Waals surface area contributed by atoms with Gasteiger partial charge in [0.1, 0.15) is 25.6 Å². The molecule has 2 aliphatic heterocycles. The number of aliphatic hydroxyl groups excluding tert-OH is 1. The van der Waals surface area contributed by atoms with Gasteiger partial charge in [0.2, 0.25) is 0 Å². The summed E-state index contributed by atoms with van der Waals surface area (Å²) in [4.78, 5) is 28.1. The number of benzene rings is 3. The van der Waals surface area contributed by atoms with Crippen LogP contribution in [-0.2, 0) is 20.9 Å². The molecule has 1 fully saturated rings. The van der Waals surface area contributed by atoms with E-state index in [1.165, 1.54) is 12.0 Å². The standard InChI is InChI=1S/C31H31NO8/c1-36-14-6-13-32-28(21-9-11-23(25(17-21)37-2)40-19-20-7-4-3-5-8-20)27(30(34)31(32)35)29(33)22-10-12-24-26(18-22)39-16-15-38-24/h3-5,7-12,17-18,28,33H,6,13-16,19H2,1-2H3/t28-/m1/s1. The summed E-state index contributed by atoms with van der Waals surface area (Å²) in [6.07, 6.45) is 0.513. The van der Waals surface area contributed by atoms with Gasteiger partial charge < -0.3 is 33.7 Å². The Morgan fingerprint density at radius 2 is 1.73 bits per heavy atom. The average Bonchev–Trinajstić information content (AvgIpc) is 3.25. The van der Waals surface area contributed by atoms with Crippen LogP contribution in [0, 0.1) is 0 Å². The van der Waals surface area contributed by atoms with Crippen LogP contribution >= 0.6 is 0 Å². The Hall–Kier alpha value is -4.50. The van der Waals surface area contributed by atoms with E-state index in [1.54, 1.807) is 43.5 Å². The van der Waals surface area contributed by atoms with Gasteiger partial charge in [0, 0.05) is 25.8 Å². The molecule has 0 aliphatic carbocycles. The number of nitrogens with zero attached hydrogens (tertiary/aromatic N) is 1. The van der Waals surface area contributed by atoms with E-state index >= 15 is 0 Å². The van der Waals surface area contributed by atoms with Crippen LogP contribution in [0.3, 0.4) is 0 Å².